The van der Waals surface area contributed by atoms with E-state index < -0.39 is 0 Å². The lowest BCUT2D eigenvalue weighted by molar-refractivity contribution is -0.121. The average molecular weight is 226 g/mol. The zero-order chi connectivity index (χ0) is 11.4. The summed E-state index contributed by atoms with van der Waals surface area (Å²) in [7, 11) is 0. The molecule has 1 heterocycles. The summed E-state index contributed by atoms with van der Waals surface area (Å²) in [5.41, 5.74) is 2.17. The minimum absolute atomic E-state index is 0.0587. The molecule has 0 radical (unpaired) electrons. The van der Waals surface area contributed by atoms with Crippen molar-refractivity contribution in [3.63, 3.8) is 0 Å². The topological polar surface area (TPSA) is 61.6 Å². The van der Waals surface area contributed by atoms with Crippen LogP contribution in [0.15, 0.2) is 0 Å². The van der Waals surface area contributed by atoms with E-state index in [1.807, 2.05) is 0 Å². The van der Waals surface area contributed by atoms with Crippen molar-refractivity contribution in [1.82, 2.24) is 15.2 Å². The molecule has 5 heteroatoms. The van der Waals surface area contributed by atoms with Crippen molar-refractivity contribution in [3.05, 3.63) is 0 Å². The summed E-state index contributed by atoms with van der Waals surface area (Å²) in [6.07, 6.45) is 4.25. The Morgan fingerprint density at radius 2 is 1.94 bits per heavy atom. The molecule has 5 nitrogen and oxygen atoms in total. The van der Waals surface area contributed by atoms with E-state index in [1.165, 1.54) is 25.9 Å². The predicted molar refractivity (Wildman–Crippen MR) is 62.6 cm³/mol. The van der Waals surface area contributed by atoms with Gasteiger partial charge < -0.3 is 4.90 Å². The molecule has 0 aromatic carbocycles. The third-order valence-electron chi connectivity index (χ3n) is 3.51. The summed E-state index contributed by atoms with van der Waals surface area (Å²) >= 11 is 0. The second-order valence-electron chi connectivity index (χ2n) is 4.78. The Morgan fingerprint density at radius 1 is 1.25 bits per heavy atom. The van der Waals surface area contributed by atoms with E-state index in [0.717, 1.165) is 32.1 Å². The third kappa shape index (κ3) is 3.43. The molecule has 0 aromatic rings. The van der Waals surface area contributed by atoms with Crippen molar-refractivity contribution in [1.29, 1.82) is 0 Å². The molecule has 0 unspecified atom stereocenters. The van der Waals surface area contributed by atoms with Gasteiger partial charge in [-0.05, 0) is 25.8 Å². The lowest BCUT2D eigenvalue weighted by Crippen LogP contribution is -2.47. The van der Waals surface area contributed by atoms with Crippen molar-refractivity contribution in [2.24, 2.45) is 5.84 Å². The molecule has 92 valence electrons. The number of nitrogens with two attached hydrogens (primary N) is 1. The first-order valence-corrected chi connectivity index (χ1v) is 6.25. The maximum atomic E-state index is 10.9. The van der Waals surface area contributed by atoms with Gasteiger partial charge in [-0.1, -0.05) is 0 Å². The summed E-state index contributed by atoms with van der Waals surface area (Å²) in [6, 6.07) is 0.894. The Bertz CT molecular complexity index is 234. The van der Waals surface area contributed by atoms with Gasteiger partial charge in [0.25, 0.3) is 0 Å². The molecule has 2 fully saturated rings. The van der Waals surface area contributed by atoms with Crippen LogP contribution >= 0.6 is 0 Å². The van der Waals surface area contributed by atoms with Crippen LogP contribution in [0.2, 0.25) is 0 Å². The molecule has 2 aliphatic rings. The van der Waals surface area contributed by atoms with Crippen molar-refractivity contribution in [3.8, 4) is 0 Å². The molecule has 1 aliphatic carbocycles. The first-order valence-electron chi connectivity index (χ1n) is 6.25. The van der Waals surface area contributed by atoms with E-state index in [2.05, 4.69) is 15.2 Å². The van der Waals surface area contributed by atoms with Crippen LogP contribution in [0.4, 0.5) is 0 Å². The highest BCUT2D eigenvalue weighted by Gasteiger charge is 2.30. The largest absolute Gasteiger partial charge is 0.301 e. The zero-order valence-corrected chi connectivity index (χ0v) is 9.82. The SMILES string of the molecule is NNC(=O)CCCN1CCN(C2CC2)CC1. The Labute approximate surface area is 96.9 Å². The molecule has 16 heavy (non-hydrogen) atoms. The molecule has 0 spiro atoms. The van der Waals surface area contributed by atoms with Gasteiger partial charge in [-0.25, -0.2) is 5.84 Å². The number of piperazine rings is 1. The van der Waals surface area contributed by atoms with Crippen molar-refractivity contribution < 1.29 is 4.79 Å². The highest BCUT2D eigenvalue weighted by Crippen LogP contribution is 2.27. The van der Waals surface area contributed by atoms with Crippen LogP contribution in [0.5, 0.6) is 0 Å². The zero-order valence-electron chi connectivity index (χ0n) is 9.82. The summed E-state index contributed by atoms with van der Waals surface area (Å²) < 4.78 is 0. The van der Waals surface area contributed by atoms with E-state index >= 15 is 0 Å². The first kappa shape index (κ1) is 11.8. The number of nitrogens with zero attached hydrogens (tertiary/aromatic N) is 2. The fourth-order valence-electron chi connectivity index (χ4n) is 2.33. The number of nitrogens with one attached hydrogen (secondary N) is 1. The van der Waals surface area contributed by atoms with Crippen molar-refractivity contribution in [2.45, 2.75) is 31.7 Å². The third-order valence-corrected chi connectivity index (χ3v) is 3.51. The highest BCUT2D eigenvalue weighted by molar-refractivity contribution is 5.75. The lowest BCUT2D eigenvalue weighted by Gasteiger charge is -2.34. The summed E-state index contributed by atoms with van der Waals surface area (Å²) in [5, 5.41) is 0. The fourth-order valence-corrected chi connectivity index (χ4v) is 2.33. The maximum Gasteiger partial charge on any atom is 0.233 e. The summed E-state index contributed by atoms with van der Waals surface area (Å²) in [4.78, 5) is 16.0. The number of carbonyl (C=O) groups is 1. The molecule has 1 saturated carbocycles. The van der Waals surface area contributed by atoms with Gasteiger partial charge in [0, 0.05) is 38.6 Å². The number of amides is 1. The second kappa shape index (κ2) is 5.61. The number of hydrogen-bond acceptors (Lipinski definition) is 4. The average Bonchev–Trinajstić information content (AvgIpc) is 3.14. The molecule has 0 bridgehead atoms. The monoisotopic (exact) mass is 226 g/mol. The molecule has 2 rings (SSSR count). The van der Waals surface area contributed by atoms with E-state index in [9.17, 15) is 4.79 Å². The molecule has 0 aromatic heterocycles. The van der Waals surface area contributed by atoms with Crippen LogP contribution in [0.3, 0.4) is 0 Å². The molecule has 1 aliphatic heterocycles. The number of rotatable bonds is 5. The van der Waals surface area contributed by atoms with E-state index in [-0.39, 0.29) is 5.91 Å². The molecule has 3 N–H and O–H groups in total. The van der Waals surface area contributed by atoms with Crippen LogP contribution in [0, 0.1) is 0 Å². The molecule has 1 amide bonds. The smallest absolute Gasteiger partial charge is 0.233 e. The van der Waals surface area contributed by atoms with Gasteiger partial charge in [0.1, 0.15) is 0 Å². The quantitative estimate of drug-likeness (QED) is 0.378. The van der Waals surface area contributed by atoms with Crippen molar-refractivity contribution in [2.75, 3.05) is 32.7 Å². The molecule has 1 saturated heterocycles. The normalized spacial score (nSPS) is 23.3. The van der Waals surface area contributed by atoms with Crippen LogP contribution in [-0.4, -0.2) is 54.5 Å². The Balaban J connectivity index is 1.56. The molecule has 0 atom stereocenters. The molecular weight excluding hydrogens is 204 g/mol. The van der Waals surface area contributed by atoms with Gasteiger partial charge in [-0.2, -0.15) is 0 Å². The Morgan fingerprint density at radius 3 is 2.50 bits per heavy atom. The van der Waals surface area contributed by atoms with E-state index in [0.29, 0.717) is 6.42 Å². The van der Waals surface area contributed by atoms with Gasteiger partial charge in [0.05, 0.1) is 0 Å². The number of carbonyl (C=O) groups excluding carboxylic acids is 1. The van der Waals surface area contributed by atoms with Gasteiger partial charge in [-0.3, -0.25) is 15.1 Å². The Kier molecular flexibility index (Phi) is 4.15. The van der Waals surface area contributed by atoms with Crippen LogP contribution in [0.25, 0.3) is 0 Å². The molecular formula is C11H22N4O. The maximum absolute atomic E-state index is 10.9. The predicted octanol–water partition coefficient (Wildman–Crippen LogP) is -0.463. The summed E-state index contributed by atoms with van der Waals surface area (Å²) in [6.45, 7) is 5.73. The van der Waals surface area contributed by atoms with Gasteiger partial charge >= 0.3 is 0 Å². The van der Waals surface area contributed by atoms with Crippen LogP contribution in [0.1, 0.15) is 25.7 Å². The standard InChI is InChI=1S/C11H22N4O/c12-13-11(16)2-1-5-14-6-8-15(9-7-14)10-3-4-10/h10H,1-9,12H2,(H,13,16). The van der Waals surface area contributed by atoms with Gasteiger partial charge in [0.2, 0.25) is 5.91 Å². The summed E-state index contributed by atoms with van der Waals surface area (Å²) in [5.74, 6) is 4.97. The lowest BCUT2D eigenvalue weighted by atomic mass is 10.2. The van der Waals surface area contributed by atoms with Gasteiger partial charge in [0.15, 0.2) is 0 Å². The minimum Gasteiger partial charge on any atom is -0.301 e. The fraction of sp³-hybridized carbons (Fsp3) is 0.909. The van der Waals surface area contributed by atoms with E-state index in [4.69, 9.17) is 5.84 Å². The van der Waals surface area contributed by atoms with Crippen LogP contribution in [-0.2, 0) is 4.79 Å². The number of hydrogen-bond donors (Lipinski definition) is 2. The van der Waals surface area contributed by atoms with Crippen molar-refractivity contribution >= 4 is 5.91 Å². The van der Waals surface area contributed by atoms with E-state index in [1.54, 1.807) is 0 Å². The highest BCUT2D eigenvalue weighted by atomic mass is 16.2. The van der Waals surface area contributed by atoms with Crippen LogP contribution < -0.4 is 11.3 Å². The minimum atomic E-state index is -0.0587. The second-order valence-corrected chi connectivity index (χ2v) is 4.78. The first-order chi connectivity index (χ1) is 7.79. The Hall–Kier alpha value is -0.650. The van der Waals surface area contributed by atoms with Gasteiger partial charge in [-0.15, -0.1) is 0 Å². The number of hydrazine groups is 1.